The molecule has 1 saturated heterocycles. The summed E-state index contributed by atoms with van der Waals surface area (Å²) >= 11 is 0. The van der Waals surface area contributed by atoms with Gasteiger partial charge in [-0.25, -0.2) is 0 Å². The van der Waals surface area contributed by atoms with Crippen LogP contribution in [0.15, 0.2) is 0 Å². The Bertz CT molecular complexity index is 253. The summed E-state index contributed by atoms with van der Waals surface area (Å²) in [5, 5.41) is 23.3. The zero-order valence-electron chi connectivity index (χ0n) is 12.2. The number of aliphatic hydroxyl groups is 2. The van der Waals surface area contributed by atoms with Crippen molar-refractivity contribution in [3.63, 3.8) is 0 Å². The van der Waals surface area contributed by atoms with Gasteiger partial charge in [0.25, 0.3) is 0 Å². The summed E-state index contributed by atoms with van der Waals surface area (Å²) in [7, 11) is 0. The van der Waals surface area contributed by atoms with E-state index in [4.69, 9.17) is 4.74 Å². The van der Waals surface area contributed by atoms with Gasteiger partial charge in [0.1, 0.15) is 0 Å². The summed E-state index contributed by atoms with van der Waals surface area (Å²) in [5.41, 5.74) is -0.405. The van der Waals surface area contributed by atoms with E-state index in [0.29, 0.717) is 25.6 Å². The van der Waals surface area contributed by atoms with Crippen LogP contribution in [0.2, 0.25) is 0 Å². The van der Waals surface area contributed by atoms with Gasteiger partial charge in [-0.3, -0.25) is 4.90 Å². The molecule has 0 aliphatic carbocycles. The van der Waals surface area contributed by atoms with E-state index in [2.05, 4.69) is 19.2 Å². The topological polar surface area (TPSA) is 65.0 Å². The quantitative estimate of drug-likeness (QED) is 0.640. The van der Waals surface area contributed by atoms with Gasteiger partial charge in [-0.15, -0.1) is 0 Å². The number of hydrogen-bond donors (Lipinski definition) is 3. The first kappa shape index (κ1) is 15.9. The van der Waals surface area contributed by atoms with Crippen molar-refractivity contribution < 1.29 is 14.9 Å². The fourth-order valence-electron chi connectivity index (χ4n) is 2.03. The van der Waals surface area contributed by atoms with Crippen LogP contribution in [0.5, 0.6) is 0 Å². The van der Waals surface area contributed by atoms with Crippen LogP contribution in [0.25, 0.3) is 0 Å². The van der Waals surface area contributed by atoms with E-state index >= 15 is 0 Å². The Hall–Kier alpha value is -0.200. The Kier molecular flexibility index (Phi) is 5.55. The number of ether oxygens (including phenoxy) is 1. The van der Waals surface area contributed by atoms with Crippen LogP contribution in [0.4, 0.5) is 0 Å². The lowest BCUT2D eigenvalue weighted by molar-refractivity contribution is -0.242. The Labute approximate surface area is 110 Å². The van der Waals surface area contributed by atoms with Crippen LogP contribution < -0.4 is 5.32 Å². The molecule has 0 bridgehead atoms. The molecular weight excluding hydrogens is 232 g/mol. The molecule has 1 heterocycles. The maximum Gasteiger partial charge on any atom is 0.216 e. The van der Waals surface area contributed by atoms with E-state index < -0.39 is 18.1 Å². The molecule has 1 aliphatic heterocycles. The largest absolute Gasteiger partial charge is 0.390 e. The predicted molar refractivity (Wildman–Crippen MR) is 71.1 cm³/mol. The van der Waals surface area contributed by atoms with Crippen molar-refractivity contribution in [2.24, 2.45) is 5.92 Å². The normalized spacial score (nSPS) is 29.3. The third-order valence-corrected chi connectivity index (χ3v) is 3.07. The predicted octanol–water partition coefficient (Wildman–Crippen LogP) is 0.368. The van der Waals surface area contributed by atoms with Crippen molar-refractivity contribution in [1.29, 1.82) is 0 Å². The second-order valence-electron chi connectivity index (χ2n) is 6.42. The van der Waals surface area contributed by atoms with Crippen molar-refractivity contribution in [3.8, 4) is 0 Å². The smallest absolute Gasteiger partial charge is 0.216 e. The molecule has 0 aromatic rings. The molecule has 5 nitrogen and oxygen atoms in total. The van der Waals surface area contributed by atoms with Crippen LogP contribution in [0, 0.1) is 5.92 Å². The summed E-state index contributed by atoms with van der Waals surface area (Å²) in [5.74, 6) is 0.444. The summed E-state index contributed by atoms with van der Waals surface area (Å²) in [4.78, 5) is 1.79. The Morgan fingerprint density at radius 3 is 2.39 bits per heavy atom. The van der Waals surface area contributed by atoms with Gasteiger partial charge < -0.3 is 20.3 Å². The molecular formula is C13H28N2O3. The SMILES string of the molecule is CC(C)[C@H]1CN(C(O)OC(C)(C)C)C[C@@H](O)CN1. The first-order chi connectivity index (χ1) is 8.19. The van der Waals surface area contributed by atoms with Crippen molar-refractivity contribution in [3.05, 3.63) is 0 Å². The Balaban J connectivity index is 2.66. The molecule has 1 unspecified atom stereocenters. The average Bonchev–Trinajstić information content (AvgIpc) is 2.37. The van der Waals surface area contributed by atoms with Gasteiger partial charge in [-0.1, -0.05) is 13.8 Å². The Morgan fingerprint density at radius 2 is 1.89 bits per heavy atom. The lowest BCUT2D eigenvalue weighted by Gasteiger charge is -2.34. The molecule has 1 rings (SSSR count). The maximum atomic E-state index is 10.1. The lowest BCUT2D eigenvalue weighted by Crippen LogP contribution is -2.48. The van der Waals surface area contributed by atoms with Crippen LogP contribution in [0.1, 0.15) is 34.6 Å². The second-order valence-corrected chi connectivity index (χ2v) is 6.42. The molecule has 0 saturated carbocycles. The van der Waals surface area contributed by atoms with Crippen molar-refractivity contribution in [2.45, 2.75) is 58.8 Å². The average molecular weight is 260 g/mol. The highest BCUT2D eigenvalue weighted by Gasteiger charge is 2.30. The number of β-amino-alcohol motifs (C(OH)–C–C–N with tert-alkyl or cyclic N) is 1. The number of rotatable bonds is 3. The van der Waals surface area contributed by atoms with Gasteiger partial charge in [0.2, 0.25) is 6.41 Å². The minimum atomic E-state index is -0.971. The van der Waals surface area contributed by atoms with E-state index in [0.717, 1.165) is 0 Å². The fraction of sp³-hybridized carbons (Fsp3) is 1.00. The second kappa shape index (κ2) is 6.30. The molecule has 1 fully saturated rings. The molecule has 108 valence electrons. The van der Waals surface area contributed by atoms with Gasteiger partial charge in [0.15, 0.2) is 0 Å². The third kappa shape index (κ3) is 5.20. The molecule has 5 heteroatoms. The zero-order valence-corrected chi connectivity index (χ0v) is 12.2. The molecule has 18 heavy (non-hydrogen) atoms. The number of nitrogens with one attached hydrogen (secondary N) is 1. The van der Waals surface area contributed by atoms with Crippen molar-refractivity contribution >= 4 is 0 Å². The van der Waals surface area contributed by atoms with Crippen LogP contribution >= 0.6 is 0 Å². The fourth-order valence-corrected chi connectivity index (χ4v) is 2.03. The molecule has 3 atom stereocenters. The minimum absolute atomic E-state index is 0.250. The minimum Gasteiger partial charge on any atom is -0.390 e. The highest BCUT2D eigenvalue weighted by molar-refractivity contribution is 4.82. The summed E-state index contributed by atoms with van der Waals surface area (Å²) in [6.07, 6.45) is -1.45. The first-order valence-corrected chi connectivity index (χ1v) is 6.70. The zero-order chi connectivity index (χ0) is 13.9. The third-order valence-electron chi connectivity index (χ3n) is 3.07. The van der Waals surface area contributed by atoms with Gasteiger partial charge >= 0.3 is 0 Å². The number of nitrogens with zero attached hydrogens (tertiary/aromatic N) is 1. The van der Waals surface area contributed by atoms with E-state index in [1.165, 1.54) is 0 Å². The summed E-state index contributed by atoms with van der Waals surface area (Å²) < 4.78 is 5.55. The van der Waals surface area contributed by atoms with Gasteiger partial charge in [0.05, 0.1) is 11.7 Å². The van der Waals surface area contributed by atoms with E-state index in [1.807, 2.05) is 20.8 Å². The number of aliphatic hydroxyl groups excluding tert-OH is 2. The van der Waals surface area contributed by atoms with Crippen LogP contribution in [-0.4, -0.2) is 58.9 Å². The highest BCUT2D eigenvalue weighted by atomic mass is 16.6. The van der Waals surface area contributed by atoms with E-state index in [1.54, 1.807) is 4.90 Å². The standard InChI is InChI=1S/C13H28N2O3/c1-9(2)11-8-15(7-10(16)6-14-11)12(17)18-13(3,4)5/h9-12,14,16-17H,6-8H2,1-5H3/t10-,11+,12?/m0/s1. The molecule has 0 aromatic carbocycles. The maximum absolute atomic E-state index is 10.1. The molecule has 0 amide bonds. The van der Waals surface area contributed by atoms with Gasteiger partial charge in [0, 0.05) is 25.7 Å². The first-order valence-electron chi connectivity index (χ1n) is 6.70. The highest BCUT2D eigenvalue weighted by Crippen LogP contribution is 2.16. The monoisotopic (exact) mass is 260 g/mol. The summed E-state index contributed by atoms with van der Waals surface area (Å²) in [6, 6.07) is 0.250. The van der Waals surface area contributed by atoms with E-state index in [9.17, 15) is 10.2 Å². The molecule has 3 N–H and O–H groups in total. The van der Waals surface area contributed by atoms with Gasteiger partial charge in [-0.05, 0) is 26.7 Å². The molecule has 0 spiro atoms. The van der Waals surface area contributed by atoms with Crippen molar-refractivity contribution in [1.82, 2.24) is 10.2 Å². The Morgan fingerprint density at radius 1 is 1.28 bits per heavy atom. The van der Waals surface area contributed by atoms with Crippen molar-refractivity contribution in [2.75, 3.05) is 19.6 Å². The number of hydrogen-bond acceptors (Lipinski definition) is 5. The molecule has 0 aromatic heterocycles. The van der Waals surface area contributed by atoms with Gasteiger partial charge in [-0.2, -0.15) is 0 Å². The van der Waals surface area contributed by atoms with E-state index in [-0.39, 0.29) is 6.04 Å². The molecule has 0 radical (unpaired) electrons. The lowest BCUT2D eigenvalue weighted by atomic mass is 10.0. The van der Waals surface area contributed by atoms with Crippen LogP contribution in [0.3, 0.4) is 0 Å². The summed E-state index contributed by atoms with van der Waals surface area (Å²) in [6.45, 7) is 11.6. The molecule has 1 aliphatic rings. The van der Waals surface area contributed by atoms with Crippen LogP contribution in [-0.2, 0) is 4.74 Å².